The lowest BCUT2D eigenvalue weighted by molar-refractivity contribution is 0.118. The highest BCUT2D eigenvalue weighted by molar-refractivity contribution is 5.48. The number of hydrogen-bond donors (Lipinski definition) is 0. The van der Waals surface area contributed by atoms with E-state index >= 15 is 0 Å². The van der Waals surface area contributed by atoms with Gasteiger partial charge in [-0.05, 0) is 41.0 Å². The Morgan fingerprint density at radius 2 is 1.30 bits per heavy atom. The quantitative estimate of drug-likeness (QED) is 0.536. The molecule has 0 spiro atoms. The molecule has 0 N–H and O–H groups in total. The summed E-state index contributed by atoms with van der Waals surface area (Å²) in [4.78, 5) is 1.03. The molecule has 1 saturated heterocycles. The Bertz CT molecular complexity index is 1210. The minimum absolute atomic E-state index is 0.176. The molecule has 0 radical (unpaired) electrons. The summed E-state index contributed by atoms with van der Waals surface area (Å²) < 4.78 is 97.9. The predicted molar refractivity (Wildman–Crippen MR) is 118 cm³/mol. The van der Waals surface area contributed by atoms with Crippen LogP contribution in [0.1, 0.15) is 33.7 Å². The Hall–Kier alpha value is -2.82. The van der Waals surface area contributed by atoms with Gasteiger partial charge in [0.2, 0.25) is 0 Å². The third kappa shape index (κ3) is 5.21. The van der Waals surface area contributed by atoms with Crippen molar-refractivity contribution in [2.75, 3.05) is 32.5 Å². The average Bonchev–Trinajstić information content (AvgIpc) is 2.85. The van der Waals surface area contributed by atoms with E-state index in [1.807, 2.05) is 6.07 Å². The molecule has 4 heteroatoms. The van der Waals surface area contributed by atoms with Crippen LogP contribution in [0.3, 0.4) is 0 Å². The van der Waals surface area contributed by atoms with E-state index in [9.17, 15) is 8.78 Å². The average molecular weight is 413 g/mol. The number of halogens is 2. The summed E-state index contributed by atoms with van der Waals surface area (Å²) in [5.41, 5.74) is 1.11. The second-order valence-corrected chi connectivity index (χ2v) is 6.75. The molecule has 0 saturated carbocycles. The van der Waals surface area contributed by atoms with E-state index in [0.717, 1.165) is 29.8 Å². The Balaban J connectivity index is 1.84. The van der Waals surface area contributed by atoms with Crippen molar-refractivity contribution in [2.24, 2.45) is 0 Å². The first kappa shape index (κ1) is 12.8. The Morgan fingerprint density at radius 1 is 0.767 bits per heavy atom. The molecule has 0 unspecified atom stereocenters. The lowest BCUT2D eigenvalue weighted by Crippen LogP contribution is -2.47. The molecule has 0 amide bonds. The minimum atomic E-state index is -3.11. The summed E-state index contributed by atoms with van der Waals surface area (Å²) in [6.45, 7) is -12.7. The molecule has 4 rings (SSSR count). The Labute approximate surface area is 188 Å². The second kappa shape index (κ2) is 9.79. The molecule has 1 aliphatic heterocycles. The molecular weight excluding hydrogens is 378 g/mol. The standard InChI is InChI=1S/C26H26F2N2/c27-24-12-8-22(9-13-24)26(23-10-14-25(28)15-11-23)30-19-17-29(18-20-30)16-4-7-21-5-2-1-3-6-21/h1-15,26H,16-20H2/b7-4+/i17D2,18D2,19D2,20D2. The molecule has 2 nitrogen and oxygen atoms in total. The highest BCUT2D eigenvalue weighted by atomic mass is 19.1. The molecule has 1 aliphatic rings. The van der Waals surface area contributed by atoms with E-state index < -0.39 is 50.2 Å². The topological polar surface area (TPSA) is 6.48 Å². The van der Waals surface area contributed by atoms with Gasteiger partial charge in [-0.25, -0.2) is 8.78 Å². The van der Waals surface area contributed by atoms with E-state index in [0.29, 0.717) is 9.80 Å². The molecule has 30 heavy (non-hydrogen) atoms. The van der Waals surface area contributed by atoms with Gasteiger partial charge in [0, 0.05) is 43.5 Å². The van der Waals surface area contributed by atoms with Crippen LogP contribution >= 0.6 is 0 Å². The maximum atomic E-state index is 13.7. The van der Waals surface area contributed by atoms with Gasteiger partial charge in [0.25, 0.3) is 0 Å². The normalized spacial score (nSPS) is 26.5. The monoisotopic (exact) mass is 412 g/mol. The van der Waals surface area contributed by atoms with Crippen LogP contribution in [0, 0.1) is 11.6 Å². The lowest BCUT2D eigenvalue weighted by Gasteiger charge is -2.39. The van der Waals surface area contributed by atoms with E-state index in [1.165, 1.54) is 30.3 Å². The van der Waals surface area contributed by atoms with Crippen LogP contribution < -0.4 is 0 Å². The van der Waals surface area contributed by atoms with Crippen LogP contribution in [0.2, 0.25) is 0 Å². The van der Waals surface area contributed by atoms with E-state index in [1.54, 1.807) is 30.3 Å². The first-order valence-corrected chi connectivity index (χ1v) is 9.51. The van der Waals surface area contributed by atoms with Crippen LogP contribution in [-0.4, -0.2) is 42.3 Å². The Morgan fingerprint density at radius 3 is 1.83 bits per heavy atom. The first-order chi connectivity index (χ1) is 17.7. The molecule has 0 aromatic heterocycles. The fraction of sp³-hybridized carbons (Fsp3) is 0.231. The second-order valence-electron chi connectivity index (χ2n) is 6.75. The summed E-state index contributed by atoms with van der Waals surface area (Å²) in [6.07, 6.45) is 3.06. The SMILES string of the molecule is [2H]C1([2H])N(C/C=C/c2ccccc2)C([2H])([2H])C([2H])([2H])N(C(c2ccc(F)cc2)c2ccc(F)cc2)C1([2H])[2H]. The largest absolute Gasteiger partial charge is 0.297 e. The number of piperazine rings is 1. The van der Waals surface area contributed by atoms with Crippen molar-refractivity contribution in [2.45, 2.75) is 6.04 Å². The molecule has 3 aromatic carbocycles. The summed E-state index contributed by atoms with van der Waals surface area (Å²) >= 11 is 0. The molecular formula is C26H26F2N2. The van der Waals surface area contributed by atoms with Gasteiger partial charge < -0.3 is 0 Å². The van der Waals surface area contributed by atoms with Gasteiger partial charge in [-0.1, -0.05) is 66.7 Å². The smallest absolute Gasteiger partial charge is 0.123 e. The third-order valence-corrected chi connectivity index (χ3v) is 4.64. The summed E-state index contributed by atoms with van der Waals surface area (Å²) in [6, 6.07) is 17.0. The summed E-state index contributed by atoms with van der Waals surface area (Å²) in [5.74, 6) is -1.20. The van der Waals surface area contributed by atoms with Crippen molar-refractivity contribution >= 4 is 6.08 Å². The minimum Gasteiger partial charge on any atom is -0.297 e. The van der Waals surface area contributed by atoms with Gasteiger partial charge in [0.1, 0.15) is 11.6 Å². The highest BCUT2D eigenvalue weighted by Gasteiger charge is 2.26. The molecule has 154 valence electrons. The summed E-state index contributed by atoms with van der Waals surface area (Å²) in [5, 5.41) is 0. The first-order valence-electron chi connectivity index (χ1n) is 13.5. The number of benzene rings is 3. The van der Waals surface area contributed by atoms with Crippen molar-refractivity contribution < 1.29 is 19.7 Å². The van der Waals surface area contributed by atoms with E-state index in [2.05, 4.69) is 0 Å². The van der Waals surface area contributed by atoms with Crippen molar-refractivity contribution in [3.05, 3.63) is 113 Å². The van der Waals surface area contributed by atoms with E-state index in [4.69, 9.17) is 11.0 Å². The predicted octanol–water partition coefficient (Wildman–Crippen LogP) is 5.39. The van der Waals surface area contributed by atoms with Crippen LogP contribution in [0.25, 0.3) is 6.08 Å². The number of rotatable bonds is 6. The van der Waals surface area contributed by atoms with Crippen LogP contribution in [-0.2, 0) is 0 Å². The maximum Gasteiger partial charge on any atom is 0.123 e. The van der Waals surface area contributed by atoms with Gasteiger partial charge in [-0.3, -0.25) is 9.80 Å². The van der Waals surface area contributed by atoms with Crippen molar-refractivity contribution in [1.82, 2.24) is 9.80 Å². The lowest BCUT2D eigenvalue weighted by atomic mass is 9.96. The van der Waals surface area contributed by atoms with Gasteiger partial charge in [0.05, 0.1) is 6.04 Å². The number of hydrogen-bond acceptors (Lipinski definition) is 2. The van der Waals surface area contributed by atoms with Gasteiger partial charge >= 0.3 is 0 Å². The van der Waals surface area contributed by atoms with Crippen molar-refractivity contribution in [3.63, 3.8) is 0 Å². The van der Waals surface area contributed by atoms with Crippen LogP contribution in [0.4, 0.5) is 8.78 Å². The fourth-order valence-electron chi connectivity index (χ4n) is 3.14. The van der Waals surface area contributed by atoms with Crippen LogP contribution in [0.15, 0.2) is 84.9 Å². The van der Waals surface area contributed by atoms with Gasteiger partial charge in [-0.15, -0.1) is 0 Å². The maximum absolute atomic E-state index is 13.7. The van der Waals surface area contributed by atoms with Crippen molar-refractivity contribution in [3.8, 4) is 0 Å². The van der Waals surface area contributed by atoms with Gasteiger partial charge in [0.15, 0.2) is 0 Å². The molecule has 0 aliphatic carbocycles. The number of nitrogens with zero attached hydrogens (tertiary/aromatic N) is 2. The zero-order chi connectivity index (χ0) is 27.9. The molecule has 1 fully saturated rings. The fourth-order valence-corrected chi connectivity index (χ4v) is 3.14. The van der Waals surface area contributed by atoms with Gasteiger partial charge in [-0.2, -0.15) is 0 Å². The Kier molecular flexibility index (Phi) is 4.17. The molecule has 1 heterocycles. The third-order valence-electron chi connectivity index (χ3n) is 4.64. The zero-order valence-corrected chi connectivity index (χ0v) is 16.1. The zero-order valence-electron chi connectivity index (χ0n) is 24.1. The molecule has 0 atom stereocenters. The van der Waals surface area contributed by atoms with Crippen LogP contribution in [0.5, 0.6) is 0 Å². The summed E-state index contributed by atoms with van der Waals surface area (Å²) in [7, 11) is 0. The molecule has 3 aromatic rings. The van der Waals surface area contributed by atoms with Crippen molar-refractivity contribution in [1.29, 1.82) is 0 Å². The highest BCUT2D eigenvalue weighted by Crippen LogP contribution is 2.30. The molecule has 0 bridgehead atoms. The van der Waals surface area contributed by atoms with E-state index in [-0.39, 0.29) is 11.1 Å².